The molecule has 0 aromatic heterocycles. The lowest BCUT2D eigenvalue weighted by Crippen LogP contribution is -2.38. The number of hydrogen-bond donors (Lipinski definition) is 1. The molecule has 1 saturated heterocycles. The van der Waals surface area contributed by atoms with Gasteiger partial charge >= 0.3 is 0 Å². The first-order valence-corrected chi connectivity index (χ1v) is 7.28. The van der Waals surface area contributed by atoms with Crippen LogP contribution < -0.4 is 5.73 Å². The summed E-state index contributed by atoms with van der Waals surface area (Å²) in [6, 6.07) is 6.90. The molecule has 0 saturated carbocycles. The molecule has 2 nitrogen and oxygen atoms in total. The maximum absolute atomic E-state index is 5.93. The summed E-state index contributed by atoms with van der Waals surface area (Å²) >= 11 is 3.60. The Hall–Kier alpha value is -0.540. The van der Waals surface area contributed by atoms with Gasteiger partial charge in [-0.05, 0) is 53.4 Å². The van der Waals surface area contributed by atoms with Crippen LogP contribution >= 0.6 is 15.9 Å². The third-order valence-electron chi connectivity index (χ3n) is 3.70. The first-order chi connectivity index (χ1) is 8.22. The molecule has 1 unspecified atom stereocenters. The molecule has 1 atom stereocenters. The van der Waals surface area contributed by atoms with Gasteiger partial charge in [-0.15, -0.1) is 0 Å². The highest BCUT2D eigenvalue weighted by Gasteiger charge is 2.21. The van der Waals surface area contributed by atoms with Gasteiger partial charge in [-0.3, -0.25) is 4.90 Å². The molecule has 3 heteroatoms. The Kier molecular flexibility index (Phi) is 4.46. The maximum Gasteiger partial charge on any atom is 0.0461 e. The molecular weight excluding hydrogens is 276 g/mol. The van der Waals surface area contributed by atoms with Crippen molar-refractivity contribution in [2.24, 2.45) is 0 Å². The SMILES string of the molecule is CCC1CCCCN1Cc1cccc(N)c1Br. The van der Waals surface area contributed by atoms with E-state index in [0.29, 0.717) is 0 Å². The Morgan fingerprint density at radius 1 is 1.41 bits per heavy atom. The number of nitrogen functional groups attached to an aromatic ring is 1. The van der Waals surface area contributed by atoms with Gasteiger partial charge in [-0.2, -0.15) is 0 Å². The van der Waals surface area contributed by atoms with Crippen molar-refractivity contribution in [2.75, 3.05) is 12.3 Å². The molecule has 1 aromatic rings. The normalized spacial score (nSPS) is 21.6. The molecule has 0 bridgehead atoms. The van der Waals surface area contributed by atoms with Crippen molar-refractivity contribution in [1.82, 2.24) is 4.90 Å². The monoisotopic (exact) mass is 296 g/mol. The Labute approximate surface area is 112 Å². The van der Waals surface area contributed by atoms with E-state index >= 15 is 0 Å². The molecule has 1 aliphatic heterocycles. The maximum atomic E-state index is 5.93. The first kappa shape index (κ1) is 12.9. The van der Waals surface area contributed by atoms with E-state index in [-0.39, 0.29) is 0 Å². The number of hydrogen-bond acceptors (Lipinski definition) is 2. The fourth-order valence-corrected chi connectivity index (χ4v) is 3.06. The van der Waals surface area contributed by atoms with Gasteiger partial charge in [0.25, 0.3) is 0 Å². The minimum Gasteiger partial charge on any atom is -0.398 e. The van der Waals surface area contributed by atoms with Crippen LogP contribution in [-0.2, 0) is 6.54 Å². The Bertz CT molecular complexity index is 378. The third kappa shape index (κ3) is 3.02. The smallest absolute Gasteiger partial charge is 0.0461 e. The van der Waals surface area contributed by atoms with Crippen molar-refractivity contribution < 1.29 is 0 Å². The molecule has 0 spiro atoms. The zero-order valence-corrected chi connectivity index (χ0v) is 12.0. The number of nitrogens with two attached hydrogens (primary N) is 1. The highest BCUT2D eigenvalue weighted by Crippen LogP contribution is 2.28. The fraction of sp³-hybridized carbons (Fsp3) is 0.571. The largest absolute Gasteiger partial charge is 0.398 e. The summed E-state index contributed by atoms with van der Waals surface area (Å²) in [6.45, 7) is 4.53. The molecular formula is C14H21BrN2. The van der Waals surface area contributed by atoms with Crippen LogP contribution in [0.5, 0.6) is 0 Å². The van der Waals surface area contributed by atoms with Crippen LogP contribution in [-0.4, -0.2) is 17.5 Å². The summed E-state index contributed by atoms with van der Waals surface area (Å²) in [6.07, 6.45) is 5.31. The number of anilines is 1. The molecule has 1 aliphatic rings. The van der Waals surface area contributed by atoms with Crippen LogP contribution in [0.25, 0.3) is 0 Å². The van der Waals surface area contributed by atoms with Crippen LogP contribution in [0.2, 0.25) is 0 Å². The summed E-state index contributed by atoms with van der Waals surface area (Å²) in [7, 11) is 0. The summed E-state index contributed by atoms with van der Waals surface area (Å²) < 4.78 is 1.07. The Balaban J connectivity index is 2.11. The minimum absolute atomic E-state index is 0.747. The number of likely N-dealkylation sites (tertiary alicyclic amines) is 1. The quantitative estimate of drug-likeness (QED) is 0.860. The van der Waals surface area contributed by atoms with Crippen molar-refractivity contribution in [2.45, 2.75) is 45.2 Å². The van der Waals surface area contributed by atoms with E-state index in [1.165, 1.54) is 37.8 Å². The topological polar surface area (TPSA) is 29.3 Å². The van der Waals surface area contributed by atoms with Crippen molar-refractivity contribution >= 4 is 21.6 Å². The predicted molar refractivity (Wildman–Crippen MR) is 76.9 cm³/mol. The van der Waals surface area contributed by atoms with Crippen LogP contribution in [0.4, 0.5) is 5.69 Å². The van der Waals surface area contributed by atoms with Gasteiger partial charge in [-0.25, -0.2) is 0 Å². The highest BCUT2D eigenvalue weighted by atomic mass is 79.9. The Morgan fingerprint density at radius 3 is 3.00 bits per heavy atom. The van der Waals surface area contributed by atoms with Gasteiger partial charge in [-0.1, -0.05) is 25.5 Å². The number of rotatable bonds is 3. The molecule has 0 aliphatic carbocycles. The zero-order chi connectivity index (χ0) is 12.3. The average molecular weight is 297 g/mol. The van der Waals surface area contributed by atoms with Gasteiger partial charge in [0.2, 0.25) is 0 Å². The average Bonchev–Trinajstić information content (AvgIpc) is 2.35. The summed E-state index contributed by atoms with van der Waals surface area (Å²) in [5.74, 6) is 0. The zero-order valence-electron chi connectivity index (χ0n) is 10.5. The molecule has 1 fully saturated rings. The van der Waals surface area contributed by atoms with Gasteiger partial charge in [0.15, 0.2) is 0 Å². The van der Waals surface area contributed by atoms with E-state index in [4.69, 9.17) is 5.73 Å². The van der Waals surface area contributed by atoms with Crippen molar-refractivity contribution in [3.8, 4) is 0 Å². The second kappa shape index (κ2) is 5.87. The third-order valence-corrected chi connectivity index (χ3v) is 4.67. The second-order valence-electron chi connectivity index (χ2n) is 4.85. The van der Waals surface area contributed by atoms with E-state index in [1.54, 1.807) is 0 Å². The number of piperidine rings is 1. The number of halogens is 1. The first-order valence-electron chi connectivity index (χ1n) is 6.49. The van der Waals surface area contributed by atoms with E-state index in [1.807, 2.05) is 12.1 Å². The van der Waals surface area contributed by atoms with Gasteiger partial charge in [0.1, 0.15) is 0 Å². The van der Waals surface area contributed by atoms with Crippen LogP contribution in [0, 0.1) is 0 Å². The van der Waals surface area contributed by atoms with Gasteiger partial charge in [0.05, 0.1) is 0 Å². The molecule has 1 aromatic carbocycles. The molecule has 2 rings (SSSR count). The molecule has 0 amide bonds. The molecule has 2 N–H and O–H groups in total. The van der Waals surface area contributed by atoms with E-state index in [2.05, 4.69) is 33.8 Å². The van der Waals surface area contributed by atoms with E-state index < -0.39 is 0 Å². The fourth-order valence-electron chi connectivity index (χ4n) is 2.67. The van der Waals surface area contributed by atoms with Crippen LogP contribution in [0.15, 0.2) is 22.7 Å². The lowest BCUT2D eigenvalue weighted by Gasteiger charge is -2.35. The number of nitrogens with zero attached hydrogens (tertiary/aromatic N) is 1. The molecule has 94 valence electrons. The summed E-state index contributed by atoms with van der Waals surface area (Å²) in [5.41, 5.74) is 8.08. The van der Waals surface area contributed by atoms with Gasteiger partial charge < -0.3 is 5.73 Å². The van der Waals surface area contributed by atoms with Crippen molar-refractivity contribution in [3.63, 3.8) is 0 Å². The van der Waals surface area contributed by atoms with E-state index in [0.717, 1.165) is 22.7 Å². The Morgan fingerprint density at radius 2 is 2.24 bits per heavy atom. The molecule has 0 radical (unpaired) electrons. The van der Waals surface area contributed by atoms with Crippen LogP contribution in [0.1, 0.15) is 38.2 Å². The minimum atomic E-state index is 0.747. The lowest BCUT2D eigenvalue weighted by atomic mass is 9.99. The molecule has 1 heterocycles. The summed E-state index contributed by atoms with van der Waals surface area (Å²) in [5, 5.41) is 0. The number of benzene rings is 1. The summed E-state index contributed by atoms with van der Waals surface area (Å²) in [4.78, 5) is 2.60. The lowest BCUT2D eigenvalue weighted by molar-refractivity contribution is 0.136. The highest BCUT2D eigenvalue weighted by molar-refractivity contribution is 9.10. The van der Waals surface area contributed by atoms with Crippen molar-refractivity contribution in [3.05, 3.63) is 28.2 Å². The predicted octanol–water partition coefficient (Wildman–Crippen LogP) is 3.80. The standard InChI is InChI=1S/C14H21BrN2/c1-2-12-7-3-4-9-17(12)10-11-6-5-8-13(16)14(11)15/h5-6,8,12H,2-4,7,9-10,16H2,1H3. The molecule has 17 heavy (non-hydrogen) atoms. The van der Waals surface area contributed by atoms with E-state index in [9.17, 15) is 0 Å². The van der Waals surface area contributed by atoms with Crippen molar-refractivity contribution in [1.29, 1.82) is 0 Å². The van der Waals surface area contributed by atoms with Crippen LogP contribution in [0.3, 0.4) is 0 Å². The van der Waals surface area contributed by atoms with Gasteiger partial charge in [0, 0.05) is 22.7 Å². The second-order valence-corrected chi connectivity index (χ2v) is 5.64.